The first-order chi connectivity index (χ1) is 35.3. The number of aromatic amines is 1. The van der Waals surface area contributed by atoms with E-state index in [4.69, 9.17) is 28.7 Å². The number of hydrogen-bond donors (Lipinski definition) is 15. The number of benzene rings is 2. The third-order valence-electron chi connectivity index (χ3n) is 11.9. The summed E-state index contributed by atoms with van der Waals surface area (Å²) in [4.78, 5) is 134. The minimum Gasteiger partial charge on any atom is -0.480 e. The van der Waals surface area contributed by atoms with Gasteiger partial charge >= 0.3 is 5.97 Å². The van der Waals surface area contributed by atoms with Crippen LogP contribution >= 0.6 is 0 Å². The van der Waals surface area contributed by atoms with Crippen LogP contribution in [0.5, 0.6) is 0 Å². The number of aliphatic imine (C=N–C) groups is 2. The second kappa shape index (κ2) is 29.9. The summed E-state index contributed by atoms with van der Waals surface area (Å²) in [6, 6.07) is 6.11. The number of H-pyrrole nitrogens is 1. The van der Waals surface area contributed by atoms with Gasteiger partial charge in [0.15, 0.2) is 11.9 Å². The molecule has 2 aromatic carbocycles. The highest BCUT2D eigenvalue weighted by atomic mass is 16.4. The van der Waals surface area contributed by atoms with E-state index < -0.39 is 95.5 Å². The van der Waals surface area contributed by atoms with Gasteiger partial charge in [0.1, 0.15) is 42.3 Å². The summed E-state index contributed by atoms with van der Waals surface area (Å²) in [5.74, 6) is -8.04. The highest BCUT2D eigenvalue weighted by Crippen LogP contribution is 2.20. The number of nitrogens with one attached hydrogen (secondary N) is 9. The molecule has 0 aliphatic carbocycles. The molecule has 402 valence electrons. The van der Waals surface area contributed by atoms with Crippen LogP contribution in [0.1, 0.15) is 75.8 Å². The lowest BCUT2D eigenvalue weighted by Crippen LogP contribution is -2.60. The minimum atomic E-state index is -1.60. The lowest BCUT2D eigenvalue weighted by molar-refractivity contribution is -0.142. The number of rotatable bonds is 18. The quantitative estimate of drug-likeness (QED) is 0.0336. The molecule has 1 fully saturated rings. The first-order valence-electron chi connectivity index (χ1n) is 24.3. The number of hydrogen-bond acceptors (Lipinski definition) is 12. The zero-order chi connectivity index (χ0) is 54.2. The van der Waals surface area contributed by atoms with Crippen LogP contribution in [0.15, 0.2) is 70.8 Å². The summed E-state index contributed by atoms with van der Waals surface area (Å²) >= 11 is 0. The van der Waals surface area contributed by atoms with Gasteiger partial charge in [0, 0.05) is 62.9 Å². The van der Waals surface area contributed by atoms with Crippen LogP contribution in [-0.4, -0.2) is 144 Å². The van der Waals surface area contributed by atoms with Crippen molar-refractivity contribution in [1.82, 2.24) is 47.5 Å². The van der Waals surface area contributed by atoms with Gasteiger partial charge in [-0.25, -0.2) is 4.79 Å². The number of amides is 8. The van der Waals surface area contributed by atoms with E-state index in [1.54, 1.807) is 54.7 Å². The molecule has 26 heteroatoms. The molecular weight excluding hydrogens is 961 g/mol. The van der Waals surface area contributed by atoms with Crippen molar-refractivity contribution >= 4 is 76.0 Å². The van der Waals surface area contributed by atoms with Gasteiger partial charge in [-0.3, -0.25) is 48.3 Å². The van der Waals surface area contributed by atoms with Crippen LogP contribution in [0.3, 0.4) is 0 Å². The molecule has 4 rings (SSSR count). The van der Waals surface area contributed by atoms with Gasteiger partial charge in [-0.1, -0.05) is 48.5 Å². The maximum absolute atomic E-state index is 14.5. The number of carboxylic acids is 1. The fraction of sp³-hybridized carbons (Fsp3) is 0.479. The summed E-state index contributed by atoms with van der Waals surface area (Å²) in [5.41, 5.74) is 29.8. The predicted octanol–water partition coefficient (Wildman–Crippen LogP) is -3.40. The first kappa shape index (κ1) is 58.3. The van der Waals surface area contributed by atoms with Crippen molar-refractivity contribution in [2.24, 2.45) is 38.7 Å². The average Bonchev–Trinajstić information content (AvgIpc) is 3.76. The fourth-order valence-electron chi connectivity index (χ4n) is 8.07. The first-order valence-corrected chi connectivity index (χ1v) is 24.3. The Morgan fingerprint density at radius 2 is 1.30 bits per heavy atom. The number of aliphatic carboxylic acids is 1. The van der Waals surface area contributed by atoms with Crippen LogP contribution in [0.25, 0.3) is 10.9 Å². The van der Waals surface area contributed by atoms with E-state index in [0.717, 1.165) is 10.9 Å². The maximum atomic E-state index is 14.5. The molecule has 0 spiro atoms. The SMILES string of the molecule is CC(=O)N[C@@H](CCCN=C(N)N)C(=O)N[C@H]1CCCNC(=O)CC[C@@H](C(=O)O)NC(=O)[C@H](Cc2c[nH]c3ccccc23)NC(=O)[C@H](CCCN=C(N)N)NC(=O)[C@@H](Cc2ccccc2)NC(=O)[C@H](CCN)NC1=O. The zero-order valence-corrected chi connectivity index (χ0v) is 41.3. The third-order valence-corrected chi connectivity index (χ3v) is 11.9. The molecule has 3 aromatic rings. The van der Waals surface area contributed by atoms with E-state index in [0.29, 0.717) is 11.1 Å². The Balaban J connectivity index is 1.75. The Kier molecular flexibility index (Phi) is 23.6. The average molecular weight is 1030 g/mol. The molecule has 1 aromatic heterocycles. The fourth-order valence-corrected chi connectivity index (χ4v) is 8.07. The predicted molar refractivity (Wildman–Crippen MR) is 274 cm³/mol. The molecule has 0 bridgehead atoms. The van der Waals surface area contributed by atoms with E-state index in [-0.39, 0.29) is 109 Å². The second-order valence-electron chi connectivity index (χ2n) is 17.7. The molecule has 20 N–H and O–H groups in total. The Morgan fingerprint density at radius 1 is 0.716 bits per heavy atom. The Labute approximate surface area is 427 Å². The molecule has 0 radical (unpaired) electrons. The van der Waals surface area contributed by atoms with Crippen molar-refractivity contribution in [3.8, 4) is 0 Å². The van der Waals surface area contributed by atoms with E-state index in [1.807, 2.05) is 6.07 Å². The number of nitrogens with zero attached hydrogens (tertiary/aromatic N) is 2. The molecule has 2 heterocycles. The van der Waals surface area contributed by atoms with E-state index in [9.17, 15) is 48.3 Å². The standard InChI is InChI=1S/C48H70N16O10/c1-27(65)58-32(14-8-22-55-47(50)51)40(67)59-33-15-7-21-54-39(66)18-17-36(46(73)74)62-45(72)38(25-29-26-57-31-13-6-5-12-30(29)31)64-42(69)34(16-9-23-56-48(52)53)60-44(71)37(24-28-10-3-2-4-11-28)63-43(70)35(19-20-49)61-41(33)68/h2-6,10-13,26,32-38,57H,7-9,14-25,49H2,1H3,(H,54,66)(H,58,65)(H,59,67)(H,60,71)(H,61,68)(H,62,72)(H,63,70)(H,64,69)(H,73,74)(H4,50,51,55)(H4,52,53,56)/t32-,33-,34-,35-,36-,37+,38-/m0/s1. The molecular formula is C48H70N16O10. The largest absolute Gasteiger partial charge is 0.480 e. The van der Waals surface area contributed by atoms with Crippen molar-refractivity contribution in [1.29, 1.82) is 0 Å². The molecule has 7 atom stereocenters. The van der Waals surface area contributed by atoms with Crippen molar-refractivity contribution in [2.45, 2.75) is 120 Å². The van der Waals surface area contributed by atoms with Crippen LogP contribution < -0.4 is 71.2 Å². The molecule has 0 saturated carbocycles. The summed E-state index contributed by atoms with van der Waals surface area (Å²) in [5, 5.41) is 32.0. The zero-order valence-electron chi connectivity index (χ0n) is 41.3. The molecule has 1 aliphatic rings. The van der Waals surface area contributed by atoms with Gasteiger partial charge in [-0.2, -0.15) is 0 Å². The molecule has 1 saturated heterocycles. The van der Waals surface area contributed by atoms with E-state index in [2.05, 4.69) is 57.5 Å². The number of nitrogens with two attached hydrogens (primary N) is 5. The van der Waals surface area contributed by atoms with Crippen molar-refractivity contribution in [3.63, 3.8) is 0 Å². The van der Waals surface area contributed by atoms with Crippen LogP contribution in [0.2, 0.25) is 0 Å². The molecule has 74 heavy (non-hydrogen) atoms. The molecule has 26 nitrogen and oxygen atoms in total. The molecule has 1 aliphatic heterocycles. The minimum absolute atomic E-state index is 0.0362. The van der Waals surface area contributed by atoms with Crippen molar-refractivity contribution in [3.05, 3.63) is 71.9 Å². The second-order valence-corrected chi connectivity index (χ2v) is 17.7. The summed E-state index contributed by atoms with van der Waals surface area (Å²) in [7, 11) is 0. The Bertz CT molecular complexity index is 2480. The van der Waals surface area contributed by atoms with Crippen LogP contribution in [0.4, 0.5) is 0 Å². The van der Waals surface area contributed by atoms with Gasteiger partial charge in [0.2, 0.25) is 47.3 Å². The topological polar surface area (TPSA) is 441 Å². The normalized spacial score (nSPS) is 21.2. The van der Waals surface area contributed by atoms with Gasteiger partial charge in [-0.05, 0) is 75.1 Å². The van der Waals surface area contributed by atoms with Crippen LogP contribution in [0, 0.1) is 0 Å². The lowest BCUT2D eigenvalue weighted by atomic mass is 10.0. The van der Waals surface area contributed by atoms with Gasteiger partial charge in [-0.15, -0.1) is 0 Å². The third kappa shape index (κ3) is 19.7. The van der Waals surface area contributed by atoms with E-state index >= 15 is 0 Å². The van der Waals surface area contributed by atoms with Crippen LogP contribution in [-0.2, 0) is 56.0 Å². The summed E-state index contributed by atoms with van der Waals surface area (Å²) in [6.45, 7) is 1.19. The van der Waals surface area contributed by atoms with Gasteiger partial charge in [0.25, 0.3) is 0 Å². The lowest BCUT2D eigenvalue weighted by Gasteiger charge is -2.28. The van der Waals surface area contributed by atoms with Gasteiger partial charge in [0.05, 0.1) is 0 Å². The number of fused-ring (bicyclic) bond motifs is 1. The number of guanidine groups is 2. The van der Waals surface area contributed by atoms with E-state index in [1.165, 1.54) is 6.92 Å². The number of aromatic nitrogens is 1. The van der Waals surface area contributed by atoms with Crippen molar-refractivity contribution < 1.29 is 48.3 Å². The Hall–Kier alpha value is -8.29. The monoisotopic (exact) mass is 1030 g/mol. The highest BCUT2D eigenvalue weighted by Gasteiger charge is 2.35. The summed E-state index contributed by atoms with van der Waals surface area (Å²) in [6.07, 6.45) is 0.839. The molecule has 0 unspecified atom stereocenters. The number of carboxylic acid groups (broad SMARTS) is 1. The maximum Gasteiger partial charge on any atom is 0.326 e. The highest BCUT2D eigenvalue weighted by molar-refractivity contribution is 5.98. The van der Waals surface area contributed by atoms with Crippen molar-refractivity contribution in [2.75, 3.05) is 26.2 Å². The molecule has 8 amide bonds. The smallest absolute Gasteiger partial charge is 0.326 e. The number of carbonyl (C=O) groups is 9. The number of para-hydroxylation sites is 1. The number of carbonyl (C=O) groups excluding carboxylic acids is 8. The Morgan fingerprint density at radius 3 is 1.95 bits per heavy atom. The summed E-state index contributed by atoms with van der Waals surface area (Å²) < 4.78 is 0. The van der Waals surface area contributed by atoms with Gasteiger partial charge < -0.3 is 81.3 Å².